The Morgan fingerprint density at radius 1 is 1.44 bits per heavy atom. The first-order valence-corrected chi connectivity index (χ1v) is 6.00. The lowest BCUT2D eigenvalue weighted by Gasteiger charge is -2.15. The van der Waals surface area contributed by atoms with Crippen molar-refractivity contribution in [3.8, 4) is 0 Å². The summed E-state index contributed by atoms with van der Waals surface area (Å²) in [4.78, 5) is 6.26. The standard InChI is InChI=1S/C11H14Cl2N2O/c1-16-9-2-3-15(7-9)6-8-4-10(12)14-11(13)5-8/h4-5,9H,2-3,6-7H2,1H3/t9-/m0/s1. The van der Waals surface area contributed by atoms with Crippen molar-refractivity contribution in [1.29, 1.82) is 0 Å². The van der Waals surface area contributed by atoms with Crippen LogP contribution in [0, 0.1) is 0 Å². The second kappa shape index (κ2) is 5.32. The van der Waals surface area contributed by atoms with E-state index in [-0.39, 0.29) is 0 Å². The summed E-state index contributed by atoms with van der Waals surface area (Å²) in [5, 5.41) is 0.898. The van der Waals surface area contributed by atoms with Crippen LogP contribution in [0.5, 0.6) is 0 Å². The fourth-order valence-electron chi connectivity index (χ4n) is 2.00. The predicted molar refractivity (Wildman–Crippen MR) is 64.9 cm³/mol. The number of aromatic nitrogens is 1. The van der Waals surface area contributed by atoms with Crippen LogP contribution in [-0.2, 0) is 11.3 Å². The summed E-state index contributed by atoms with van der Waals surface area (Å²) in [6, 6.07) is 3.71. The monoisotopic (exact) mass is 260 g/mol. The minimum atomic E-state index is 0.354. The molecule has 1 atom stereocenters. The van der Waals surface area contributed by atoms with E-state index < -0.39 is 0 Å². The second-order valence-corrected chi connectivity index (χ2v) is 4.78. The molecule has 0 saturated carbocycles. The second-order valence-electron chi connectivity index (χ2n) is 4.00. The quantitative estimate of drug-likeness (QED) is 0.782. The number of halogens is 2. The summed E-state index contributed by atoms with van der Waals surface area (Å²) in [7, 11) is 1.76. The maximum Gasteiger partial charge on any atom is 0.131 e. The summed E-state index contributed by atoms with van der Waals surface area (Å²) in [5.74, 6) is 0. The minimum absolute atomic E-state index is 0.354. The van der Waals surface area contributed by atoms with Crippen LogP contribution in [-0.4, -0.2) is 36.2 Å². The fraction of sp³-hybridized carbons (Fsp3) is 0.545. The van der Waals surface area contributed by atoms with Gasteiger partial charge in [-0.05, 0) is 24.1 Å². The Morgan fingerprint density at radius 3 is 2.69 bits per heavy atom. The minimum Gasteiger partial charge on any atom is -0.380 e. The van der Waals surface area contributed by atoms with Gasteiger partial charge < -0.3 is 4.74 Å². The highest BCUT2D eigenvalue weighted by Crippen LogP contribution is 2.19. The molecule has 0 bridgehead atoms. The molecule has 2 rings (SSSR count). The number of nitrogens with zero attached hydrogens (tertiary/aromatic N) is 2. The molecule has 5 heteroatoms. The normalized spacial score (nSPS) is 21.6. The molecule has 2 heterocycles. The number of hydrogen-bond acceptors (Lipinski definition) is 3. The zero-order valence-electron chi connectivity index (χ0n) is 9.12. The molecule has 16 heavy (non-hydrogen) atoms. The molecule has 0 unspecified atom stereocenters. The lowest BCUT2D eigenvalue weighted by Crippen LogP contribution is -2.22. The Kier molecular flexibility index (Phi) is 4.03. The Balaban J connectivity index is 1.99. The Hall–Kier alpha value is -0.350. The molecular formula is C11H14Cl2N2O. The average molecular weight is 261 g/mol. The lowest BCUT2D eigenvalue weighted by atomic mass is 10.2. The van der Waals surface area contributed by atoms with Crippen molar-refractivity contribution in [2.45, 2.75) is 19.1 Å². The Bertz CT molecular complexity index is 353. The van der Waals surface area contributed by atoms with Crippen LogP contribution in [0.15, 0.2) is 12.1 Å². The van der Waals surface area contributed by atoms with Crippen LogP contribution in [0.1, 0.15) is 12.0 Å². The van der Waals surface area contributed by atoms with Crippen LogP contribution in [0.2, 0.25) is 10.3 Å². The van der Waals surface area contributed by atoms with E-state index in [4.69, 9.17) is 27.9 Å². The van der Waals surface area contributed by atoms with Gasteiger partial charge in [0.25, 0.3) is 0 Å². The molecule has 1 aromatic rings. The molecule has 0 spiro atoms. The van der Waals surface area contributed by atoms with Crippen molar-refractivity contribution in [2.24, 2.45) is 0 Å². The van der Waals surface area contributed by atoms with Crippen molar-refractivity contribution in [1.82, 2.24) is 9.88 Å². The van der Waals surface area contributed by atoms with E-state index in [1.807, 2.05) is 12.1 Å². The molecule has 0 aromatic carbocycles. The molecular weight excluding hydrogens is 247 g/mol. The fourth-order valence-corrected chi connectivity index (χ4v) is 2.50. The van der Waals surface area contributed by atoms with E-state index in [1.54, 1.807) is 7.11 Å². The van der Waals surface area contributed by atoms with Crippen LogP contribution in [0.4, 0.5) is 0 Å². The molecule has 1 aliphatic rings. The molecule has 1 saturated heterocycles. The van der Waals surface area contributed by atoms with E-state index >= 15 is 0 Å². The smallest absolute Gasteiger partial charge is 0.131 e. The predicted octanol–water partition coefficient (Wildman–Crippen LogP) is 2.61. The third-order valence-electron chi connectivity index (χ3n) is 2.79. The summed E-state index contributed by atoms with van der Waals surface area (Å²) in [6.45, 7) is 2.87. The first kappa shape index (κ1) is 12.1. The van der Waals surface area contributed by atoms with Gasteiger partial charge in [-0.25, -0.2) is 4.98 Å². The first-order valence-electron chi connectivity index (χ1n) is 5.24. The zero-order chi connectivity index (χ0) is 11.5. The van der Waals surface area contributed by atoms with E-state index in [1.165, 1.54) is 0 Å². The van der Waals surface area contributed by atoms with Crippen LogP contribution < -0.4 is 0 Å². The molecule has 0 radical (unpaired) electrons. The third kappa shape index (κ3) is 3.08. The molecule has 88 valence electrons. The molecule has 1 aliphatic heterocycles. The summed E-state index contributed by atoms with van der Waals surface area (Å²) in [5.41, 5.74) is 1.10. The Morgan fingerprint density at radius 2 is 2.12 bits per heavy atom. The van der Waals surface area contributed by atoms with Gasteiger partial charge in [-0.3, -0.25) is 4.90 Å². The SMILES string of the molecule is CO[C@H]1CCN(Cc2cc(Cl)nc(Cl)c2)C1. The number of ether oxygens (including phenoxy) is 1. The largest absolute Gasteiger partial charge is 0.380 e. The topological polar surface area (TPSA) is 25.4 Å². The molecule has 1 aromatic heterocycles. The van der Waals surface area contributed by atoms with Gasteiger partial charge in [-0.1, -0.05) is 23.2 Å². The summed E-state index contributed by atoms with van der Waals surface area (Å²) in [6.07, 6.45) is 1.44. The number of hydrogen-bond donors (Lipinski definition) is 0. The van der Waals surface area contributed by atoms with Gasteiger partial charge in [-0.2, -0.15) is 0 Å². The molecule has 0 aliphatic carbocycles. The number of likely N-dealkylation sites (tertiary alicyclic amines) is 1. The number of rotatable bonds is 3. The first-order chi connectivity index (χ1) is 7.67. The van der Waals surface area contributed by atoms with E-state index in [0.29, 0.717) is 16.4 Å². The third-order valence-corrected chi connectivity index (χ3v) is 3.18. The van der Waals surface area contributed by atoms with Crippen LogP contribution >= 0.6 is 23.2 Å². The highest BCUT2D eigenvalue weighted by atomic mass is 35.5. The molecule has 1 fully saturated rings. The maximum absolute atomic E-state index is 5.85. The van der Waals surface area contributed by atoms with Gasteiger partial charge in [0.1, 0.15) is 10.3 Å². The van der Waals surface area contributed by atoms with E-state index in [2.05, 4.69) is 9.88 Å². The van der Waals surface area contributed by atoms with Gasteiger partial charge in [-0.15, -0.1) is 0 Å². The van der Waals surface area contributed by atoms with Gasteiger partial charge in [0, 0.05) is 26.7 Å². The van der Waals surface area contributed by atoms with E-state index in [0.717, 1.165) is 31.6 Å². The van der Waals surface area contributed by atoms with Gasteiger partial charge >= 0.3 is 0 Å². The van der Waals surface area contributed by atoms with Crippen molar-refractivity contribution in [2.75, 3.05) is 20.2 Å². The van der Waals surface area contributed by atoms with Crippen LogP contribution in [0.3, 0.4) is 0 Å². The lowest BCUT2D eigenvalue weighted by molar-refractivity contribution is 0.107. The van der Waals surface area contributed by atoms with Crippen molar-refractivity contribution in [3.05, 3.63) is 28.0 Å². The zero-order valence-corrected chi connectivity index (χ0v) is 10.6. The highest BCUT2D eigenvalue weighted by Gasteiger charge is 2.21. The molecule has 0 N–H and O–H groups in total. The number of methoxy groups -OCH3 is 1. The Labute approximate surface area is 105 Å². The average Bonchev–Trinajstić information content (AvgIpc) is 2.64. The van der Waals surface area contributed by atoms with Crippen molar-refractivity contribution < 1.29 is 4.74 Å². The van der Waals surface area contributed by atoms with Gasteiger partial charge in [0.05, 0.1) is 6.10 Å². The van der Waals surface area contributed by atoms with Crippen molar-refractivity contribution in [3.63, 3.8) is 0 Å². The molecule has 3 nitrogen and oxygen atoms in total. The summed E-state index contributed by atoms with van der Waals surface area (Å²) >= 11 is 11.7. The van der Waals surface area contributed by atoms with Crippen molar-refractivity contribution >= 4 is 23.2 Å². The number of pyridine rings is 1. The van der Waals surface area contributed by atoms with E-state index in [9.17, 15) is 0 Å². The van der Waals surface area contributed by atoms with Crippen LogP contribution in [0.25, 0.3) is 0 Å². The molecule has 0 amide bonds. The van der Waals surface area contributed by atoms with Gasteiger partial charge in [0.2, 0.25) is 0 Å². The summed E-state index contributed by atoms with van der Waals surface area (Å²) < 4.78 is 5.32. The highest BCUT2D eigenvalue weighted by molar-refractivity contribution is 6.32. The van der Waals surface area contributed by atoms with Gasteiger partial charge in [0.15, 0.2) is 0 Å². The maximum atomic E-state index is 5.85.